The number of benzene rings is 1. The van der Waals surface area contributed by atoms with Gasteiger partial charge in [0.15, 0.2) is 0 Å². The number of carboxylic acids is 2. The highest BCUT2D eigenvalue weighted by molar-refractivity contribution is 5.96. The van der Waals surface area contributed by atoms with Crippen molar-refractivity contribution < 1.29 is 29.3 Å². The van der Waals surface area contributed by atoms with Gasteiger partial charge in [-0.05, 0) is 49.7 Å². The zero-order chi connectivity index (χ0) is 19.4. The molecule has 0 aliphatic rings. The molecule has 0 fully saturated rings. The summed E-state index contributed by atoms with van der Waals surface area (Å²) in [6.45, 7) is 7.83. The van der Waals surface area contributed by atoms with Crippen molar-refractivity contribution in [2.24, 2.45) is 0 Å². The molecular weight excluding hydrogens is 336 g/mol. The molecule has 0 aliphatic carbocycles. The Balaban J connectivity index is 2.98. The molecule has 0 bridgehead atoms. The molecule has 142 valence electrons. The third-order valence-corrected chi connectivity index (χ3v) is 3.96. The van der Waals surface area contributed by atoms with E-state index in [1.807, 2.05) is 0 Å². The molecule has 1 rings (SSSR count). The zero-order valence-corrected chi connectivity index (χ0v) is 14.8. The summed E-state index contributed by atoms with van der Waals surface area (Å²) in [5.41, 5.74) is 0.669. The highest BCUT2D eigenvalue weighted by atomic mass is 16.5. The Hall–Kier alpha value is -2.76. The smallest absolute Gasteiger partial charge is 0.0873 e. The zero-order valence-electron chi connectivity index (χ0n) is 14.8. The van der Waals surface area contributed by atoms with Crippen molar-refractivity contribution in [1.29, 1.82) is 0 Å². The third-order valence-electron chi connectivity index (χ3n) is 3.96. The van der Waals surface area contributed by atoms with Crippen LogP contribution in [0.5, 0.6) is 0 Å². The van der Waals surface area contributed by atoms with Crippen molar-refractivity contribution in [3.05, 3.63) is 60.1 Å². The minimum Gasteiger partial charge on any atom is -0.545 e. The highest BCUT2D eigenvalue weighted by Crippen LogP contribution is 2.23. The van der Waals surface area contributed by atoms with Crippen molar-refractivity contribution in [2.75, 3.05) is 13.2 Å². The van der Waals surface area contributed by atoms with Crippen LogP contribution in [0.4, 0.5) is 0 Å². The third kappa shape index (κ3) is 6.63. The lowest BCUT2D eigenvalue weighted by molar-refractivity contribution is -0.255. The van der Waals surface area contributed by atoms with Crippen LogP contribution < -0.4 is 10.2 Å². The average Bonchev–Trinajstić information content (AvgIpc) is 2.60. The van der Waals surface area contributed by atoms with E-state index in [0.29, 0.717) is 50.9 Å². The summed E-state index contributed by atoms with van der Waals surface area (Å²) in [6.07, 6.45) is 6.12. The summed E-state index contributed by atoms with van der Waals surface area (Å²) in [7, 11) is 0. The maximum absolute atomic E-state index is 11.7. The molecular formula is C20H24O6-2. The van der Waals surface area contributed by atoms with Crippen molar-refractivity contribution in [3.63, 3.8) is 0 Å². The Labute approximate surface area is 153 Å². The lowest BCUT2D eigenvalue weighted by Crippen LogP contribution is -2.30. The number of aromatic carboxylic acids is 2. The summed E-state index contributed by atoms with van der Waals surface area (Å²) in [4.78, 5) is 23.1. The Bertz CT molecular complexity index is 635. The van der Waals surface area contributed by atoms with E-state index in [2.05, 4.69) is 13.2 Å². The number of hydrogen-bond donors (Lipinski definition) is 0. The molecule has 6 nitrogen and oxygen atoms in total. The fraction of sp³-hybridized carbons (Fsp3) is 0.400. The first-order valence-electron chi connectivity index (χ1n) is 8.55. The molecule has 0 radical (unpaired) electrons. The molecule has 1 aromatic rings. The lowest BCUT2D eigenvalue weighted by Gasteiger charge is -2.20. The van der Waals surface area contributed by atoms with Gasteiger partial charge in [-0.2, -0.15) is 0 Å². The van der Waals surface area contributed by atoms with Crippen LogP contribution in [0.1, 0.15) is 57.5 Å². The van der Waals surface area contributed by atoms with Gasteiger partial charge in [-0.15, -0.1) is 0 Å². The second-order valence-corrected chi connectivity index (χ2v) is 5.69. The summed E-state index contributed by atoms with van der Waals surface area (Å²) < 4.78 is 10.1. The fourth-order valence-corrected chi connectivity index (χ4v) is 2.76. The molecule has 0 aromatic heterocycles. The first kappa shape index (κ1) is 21.3. The van der Waals surface area contributed by atoms with E-state index in [1.165, 1.54) is 24.7 Å². The van der Waals surface area contributed by atoms with Gasteiger partial charge in [0.1, 0.15) is 0 Å². The Morgan fingerprint density at radius 2 is 1.46 bits per heavy atom. The van der Waals surface area contributed by atoms with Gasteiger partial charge in [-0.1, -0.05) is 25.3 Å². The van der Waals surface area contributed by atoms with E-state index in [9.17, 15) is 19.8 Å². The molecule has 0 heterocycles. The van der Waals surface area contributed by atoms with Crippen molar-refractivity contribution in [2.45, 2.75) is 38.5 Å². The van der Waals surface area contributed by atoms with Gasteiger partial charge < -0.3 is 29.3 Å². The van der Waals surface area contributed by atoms with Crippen LogP contribution in [0.3, 0.4) is 0 Å². The first-order valence-corrected chi connectivity index (χ1v) is 8.55. The normalized spacial score (nSPS) is 10.2. The topological polar surface area (TPSA) is 98.7 Å². The number of carbonyl (C=O) groups excluding carboxylic acids is 2. The predicted molar refractivity (Wildman–Crippen MR) is 93.3 cm³/mol. The molecule has 0 spiro atoms. The molecule has 0 aliphatic heterocycles. The van der Waals surface area contributed by atoms with Crippen LogP contribution in [0.25, 0.3) is 0 Å². The molecule has 0 atom stereocenters. The predicted octanol–water partition coefficient (Wildman–Crippen LogP) is 1.38. The molecule has 0 unspecified atom stereocenters. The van der Waals surface area contributed by atoms with Crippen LogP contribution in [-0.2, 0) is 22.3 Å². The molecule has 1 aromatic carbocycles. The van der Waals surface area contributed by atoms with Gasteiger partial charge >= 0.3 is 0 Å². The second kappa shape index (κ2) is 11.7. The second-order valence-electron chi connectivity index (χ2n) is 5.69. The summed E-state index contributed by atoms with van der Waals surface area (Å²) >= 11 is 0. The lowest BCUT2D eigenvalue weighted by atomic mass is 9.90. The van der Waals surface area contributed by atoms with Crippen molar-refractivity contribution in [1.82, 2.24) is 0 Å². The highest BCUT2D eigenvalue weighted by Gasteiger charge is 2.15. The van der Waals surface area contributed by atoms with E-state index < -0.39 is 11.9 Å². The van der Waals surface area contributed by atoms with Crippen molar-refractivity contribution in [3.8, 4) is 0 Å². The van der Waals surface area contributed by atoms with Crippen LogP contribution in [-0.4, -0.2) is 25.2 Å². The van der Waals surface area contributed by atoms with Crippen LogP contribution in [0, 0.1) is 0 Å². The number of ether oxygens (including phenoxy) is 2. The van der Waals surface area contributed by atoms with Gasteiger partial charge in [0.2, 0.25) is 0 Å². The molecule has 0 amide bonds. The quantitative estimate of drug-likeness (QED) is 0.367. The standard InChI is InChI=1S/C20H26O6/c1-3-25-13-7-5-9-15-11-12-17(19(21)22)16(18(15)20(23)24)10-6-8-14-26-4-2/h3-4,11-12H,1-2,5-10,13-14H2,(H,21,22)(H,23,24)/p-2. The van der Waals surface area contributed by atoms with Gasteiger partial charge in [0.05, 0.1) is 37.7 Å². The van der Waals surface area contributed by atoms with E-state index in [0.717, 1.165) is 6.42 Å². The van der Waals surface area contributed by atoms with E-state index in [-0.39, 0.29) is 16.7 Å². The van der Waals surface area contributed by atoms with Gasteiger partial charge in [-0.25, -0.2) is 0 Å². The number of aryl methyl sites for hydroxylation is 1. The minimum absolute atomic E-state index is 0.0408. The molecule has 6 heteroatoms. The fourth-order valence-electron chi connectivity index (χ4n) is 2.76. The summed E-state index contributed by atoms with van der Waals surface area (Å²) in [5.74, 6) is -2.77. The molecule has 0 saturated carbocycles. The van der Waals surface area contributed by atoms with Gasteiger partial charge in [0.25, 0.3) is 0 Å². The Kier molecular flexibility index (Phi) is 9.61. The SMILES string of the molecule is C=COCCCCc1ccc(C(=O)[O-])c(CCCCOC=C)c1C(=O)[O-]. The molecule has 0 saturated heterocycles. The maximum atomic E-state index is 11.7. The minimum atomic E-state index is -1.39. The average molecular weight is 360 g/mol. The van der Waals surface area contributed by atoms with E-state index in [4.69, 9.17) is 9.47 Å². The number of hydrogen-bond acceptors (Lipinski definition) is 6. The maximum Gasteiger partial charge on any atom is 0.0873 e. The van der Waals surface area contributed by atoms with E-state index >= 15 is 0 Å². The van der Waals surface area contributed by atoms with Crippen molar-refractivity contribution >= 4 is 11.9 Å². The summed E-state index contributed by atoms with van der Waals surface area (Å²) in [6, 6.07) is 2.93. The molecule has 26 heavy (non-hydrogen) atoms. The van der Waals surface area contributed by atoms with Gasteiger partial charge in [-0.3, -0.25) is 0 Å². The number of carboxylic acid groups (broad SMARTS) is 2. The number of carbonyl (C=O) groups is 2. The number of rotatable bonds is 14. The monoisotopic (exact) mass is 360 g/mol. The van der Waals surface area contributed by atoms with Crippen LogP contribution >= 0.6 is 0 Å². The van der Waals surface area contributed by atoms with E-state index in [1.54, 1.807) is 0 Å². The van der Waals surface area contributed by atoms with Gasteiger partial charge in [0, 0.05) is 11.1 Å². The first-order chi connectivity index (χ1) is 12.5. The largest absolute Gasteiger partial charge is 0.545 e. The Morgan fingerprint density at radius 1 is 0.885 bits per heavy atom. The Morgan fingerprint density at radius 3 is 1.96 bits per heavy atom. The summed E-state index contributed by atoms with van der Waals surface area (Å²) in [5, 5.41) is 23.1. The van der Waals surface area contributed by atoms with Crippen LogP contribution in [0.15, 0.2) is 37.8 Å². The number of unbranched alkanes of at least 4 members (excludes halogenated alkanes) is 2. The van der Waals surface area contributed by atoms with Crippen LogP contribution in [0.2, 0.25) is 0 Å². The molecule has 0 N–H and O–H groups in total.